The molecule has 4 heterocycles. The Bertz CT molecular complexity index is 1170. The molecule has 1 saturated heterocycles. The molecule has 5 rings (SSSR count). The van der Waals surface area contributed by atoms with Crippen molar-refractivity contribution in [3.05, 3.63) is 35.0 Å². The molecule has 0 aliphatic carbocycles. The molecule has 0 atom stereocenters. The zero-order chi connectivity index (χ0) is 20.8. The Morgan fingerprint density at radius 2 is 1.60 bits per heavy atom. The number of aromatic amines is 1. The van der Waals surface area contributed by atoms with Gasteiger partial charge in [-0.15, -0.1) is 0 Å². The molecule has 0 unspecified atom stereocenters. The summed E-state index contributed by atoms with van der Waals surface area (Å²) in [5.41, 5.74) is 7.50. The quantitative estimate of drug-likeness (QED) is 0.505. The SMILES string of the molecule is Cc1noc(C)c1-c1cc(-c2c(C)noc2C)c2nc(NC3CCOCC3)[nH]c2c1. The molecule has 8 nitrogen and oxygen atoms in total. The summed E-state index contributed by atoms with van der Waals surface area (Å²) in [5.74, 6) is 2.32. The van der Waals surface area contributed by atoms with E-state index in [4.69, 9.17) is 18.8 Å². The van der Waals surface area contributed by atoms with Crippen LogP contribution in [-0.2, 0) is 4.74 Å². The second-order valence-corrected chi connectivity index (χ2v) is 7.93. The summed E-state index contributed by atoms with van der Waals surface area (Å²) >= 11 is 0. The van der Waals surface area contributed by atoms with E-state index < -0.39 is 0 Å². The lowest BCUT2D eigenvalue weighted by atomic mass is 9.96. The first-order valence-corrected chi connectivity index (χ1v) is 10.3. The Morgan fingerprint density at radius 1 is 0.933 bits per heavy atom. The van der Waals surface area contributed by atoms with Crippen LogP contribution in [0, 0.1) is 27.7 Å². The average molecular weight is 407 g/mol. The Balaban J connectivity index is 1.68. The highest BCUT2D eigenvalue weighted by atomic mass is 16.5. The Kier molecular flexibility index (Phi) is 4.58. The van der Waals surface area contributed by atoms with Gasteiger partial charge in [-0.05, 0) is 58.2 Å². The minimum atomic E-state index is 0.351. The highest BCUT2D eigenvalue weighted by Crippen LogP contribution is 2.38. The van der Waals surface area contributed by atoms with Crippen LogP contribution in [0.3, 0.4) is 0 Å². The summed E-state index contributed by atoms with van der Waals surface area (Å²) < 4.78 is 16.3. The predicted octanol–water partition coefficient (Wildman–Crippen LogP) is 4.70. The van der Waals surface area contributed by atoms with Gasteiger partial charge in [-0.2, -0.15) is 0 Å². The van der Waals surface area contributed by atoms with E-state index in [1.165, 1.54) is 0 Å². The van der Waals surface area contributed by atoms with Crippen LogP contribution in [0.4, 0.5) is 5.95 Å². The van der Waals surface area contributed by atoms with E-state index in [2.05, 4.69) is 32.7 Å². The molecule has 0 bridgehead atoms. The summed E-state index contributed by atoms with van der Waals surface area (Å²) in [7, 11) is 0. The van der Waals surface area contributed by atoms with Crippen LogP contribution in [0.1, 0.15) is 35.7 Å². The van der Waals surface area contributed by atoms with Gasteiger partial charge in [-0.25, -0.2) is 4.98 Å². The van der Waals surface area contributed by atoms with E-state index in [0.717, 1.165) is 88.2 Å². The van der Waals surface area contributed by atoms with Crippen molar-refractivity contribution in [3.63, 3.8) is 0 Å². The van der Waals surface area contributed by atoms with Crippen molar-refractivity contribution in [2.45, 2.75) is 46.6 Å². The molecule has 1 aliphatic rings. The van der Waals surface area contributed by atoms with Crippen LogP contribution >= 0.6 is 0 Å². The largest absolute Gasteiger partial charge is 0.381 e. The van der Waals surface area contributed by atoms with Crippen molar-refractivity contribution in [2.24, 2.45) is 0 Å². The second-order valence-electron chi connectivity index (χ2n) is 7.93. The molecule has 1 aliphatic heterocycles. The molecule has 1 fully saturated rings. The predicted molar refractivity (Wildman–Crippen MR) is 113 cm³/mol. The van der Waals surface area contributed by atoms with Gasteiger partial charge in [-0.1, -0.05) is 10.3 Å². The molecule has 0 amide bonds. The molecule has 2 N–H and O–H groups in total. The highest BCUT2D eigenvalue weighted by molar-refractivity contribution is 5.98. The number of H-pyrrole nitrogens is 1. The molecule has 0 saturated carbocycles. The molecular formula is C22H25N5O3. The van der Waals surface area contributed by atoms with Crippen LogP contribution in [-0.4, -0.2) is 39.5 Å². The first kappa shape index (κ1) is 18.9. The number of nitrogens with one attached hydrogen (secondary N) is 2. The van der Waals surface area contributed by atoms with Crippen LogP contribution < -0.4 is 5.32 Å². The van der Waals surface area contributed by atoms with E-state index in [-0.39, 0.29) is 0 Å². The first-order chi connectivity index (χ1) is 14.5. The number of benzene rings is 1. The van der Waals surface area contributed by atoms with Crippen molar-refractivity contribution in [1.29, 1.82) is 0 Å². The third kappa shape index (κ3) is 3.17. The summed E-state index contributed by atoms with van der Waals surface area (Å²) in [6.07, 6.45) is 1.94. The maximum Gasteiger partial charge on any atom is 0.201 e. The first-order valence-electron chi connectivity index (χ1n) is 10.3. The molecule has 30 heavy (non-hydrogen) atoms. The van der Waals surface area contributed by atoms with Gasteiger partial charge in [0.05, 0.1) is 22.4 Å². The number of hydrogen-bond acceptors (Lipinski definition) is 7. The number of ether oxygens (including phenoxy) is 1. The zero-order valence-corrected chi connectivity index (χ0v) is 17.6. The number of aromatic nitrogens is 4. The van der Waals surface area contributed by atoms with Crippen molar-refractivity contribution in [3.8, 4) is 22.3 Å². The van der Waals surface area contributed by atoms with Crippen LogP contribution in [0.25, 0.3) is 33.3 Å². The number of fused-ring (bicyclic) bond motifs is 1. The minimum absolute atomic E-state index is 0.351. The van der Waals surface area contributed by atoms with Crippen LogP contribution in [0.5, 0.6) is 0 Å². The number of hydrogen-bond donors (Lipinski definition) is 2. The fourth-order valence-electron chi connectivity index (χ4n) is 4.32. The van der Waals surface area contributed by atoms with Crippen molar-refractivity contribution >= 4 is 17.0 Å². The zero-order valence-electron chi connectivity index (χ0n) is 17.6. The fraction of sp³-hybridized carbons (Fsp3) is 0.409. The van der Waals surface area contributed by atoms with Crippen molar-refractivity contribution in [2.75, 3.05) is 18.5 Å². The van der Waals surface area contributed by atoms with Gasteiger partial charge in [0.2, 0.25) is 5.95 Å². The van der Waals surface area contributed by atoms with Gasteiger partial charge in [0.15, 0.2) is 0 Å². The summed E-state index contributed by atoms with van der Waals surface area (Å²) in [4.78, 5) is 8.36. The number of nitrogens with zero attached hydrogens (tertiary/aromatic N) is 3. The normalized spacial score (nSPS) is 15.2. The highest BCUT2D eigenvalue weighted by Gasteiger charge is 2.22. The number of aryl methyl sites for hydroxylation is 4. The topological polar surface area (TPSA) is 102 Å². The molecule has 0 spiro atoms. The molecular weight excluding hydrogens is 382 g/mol. The van der Waals surface area contributed by atoms with E-state index in [0.29, 0.717) is 6.04 Å². The Morgan fingerprint density at radius 3 is 2.23 bits per heavy atom. The van der Waals surface area contributed by atoms with Gasteiger partial charge in [-0.3, -0.25) is 0 Å². The molecule has 0 radical (unpaired) electrons. The average Bonchev–Trinajstić information content (AvgIpc) is 3.39. The molecule has 8 heteroatoms. The van der Waals surface area contributed by atoms with Gasteiger partial charge in [0, 0.05) is 35.9 Å². The van der Waals surface area contributed by atoms with Gasteiger partial charge < -0.3 is 24.1 Å². The van der Waals surface area contributed by atoms with Crippen LogP contribution in [0.15, 0.2) is 21.2 Å². The maximum absolute atomic E-state index is 5.47. The molecule has 3 aromatic heterocycles. The van der Waals surface area contributed by atoms with E-state index in [9.17, 15) is 0 Å². The third-order valence-corrected chi connectivity index (χ3v) is 5.77. The van der Waals surface area contributed by atoms with E-state index in [1.54, 1.807) is 0 Å². The second kappa shape index (κ2) is 7.28. The lowest BCUT2D eigenvalue weighted by Crippen LogP contribution is -2.28. The van der Waals surface area contributed by atoms with Gasteiger partial charge in [0.25, 0.3) is 0 Å². The molecule has 1 aromatic carbocycles. The van der Waals surface area contributed by atoms with Gasteiger partial charge in [0.1, 0.15) is 11.5 Å². The van der Waals surface area contributed by atoms with Gasteiger partial charge >= 0.3 is 0 Å². The third-order valence-electron chi connectivity index (χ3n) is 5.77. The summed E-state index contributed by atoms with van der Waals surface area (Å²) in [6.45, 7) is 9.32. The van der Waals surface area contributed by atoms with E-state index in [1.807, 2.05) is 27.7 Å². The fourth-order valence-corrected chi connectivity index (χ4v) is 4.32. The minimum Gasteiger partial charge on any atom is -0.381 e. The standard InChI is InChI=1S/C22H25N5O3/c1-11-19(13(3)29-26-11)15-9-17(20-12(2)27-30-14(20)4)21-18(10-15)24-22(25-21)23-16-5-7-28-8-6-16/h9-10,16H,5-8H2,1-4H3,(H2,23,24,25). The van der Waals surface area contributed by atoms with Crippen molar-refractivity contribution in [1.82, 2.24) is 20.3 Å². The Hall–Kier alpha value is -3.13. The van der Waals surface area contributed by atoms with Crippen LogP contribution in [0.2, 0.25) is 0 Å². The smallest absolute Gasteiger partial charge is 0.201 e. The lowest BCUT2D eigenvalue weighted by Gasteiger charge is -2.22. The number of rotatable bonds is 4. The van der Waals surface area contributed by atoms with E-state index >= 15 is 0 Å². The monoisotopic (exact) mass is 407 g/mol. The maximum atomic E-state index is 5.47. The summed E-state index contributed by atoms with van der Waals surface area (Å²) in [6, 6.07) is 4.58. The Labute approximate surface area is 174 Å². The van der Waals surface area contributed by atoms with Crippen molar-refractivity contribution < 1.29 is 13.8 Å². The molecule has 4 aromatic rings. The number of imidazole rings is 1. The number of anilines is 1. The molecule has 156 valence electrons. The lowest BCUT2D eigenvalue weighted by molar-refractivity contribution is 0.0903. The summed E-state index contributed by atoms with van der Waals surface area (Å²) in [5, 5.41) is 11.8.